The third kappa shape index (κ3) is 4.65. The number of carbonyl (C=O) groups is 2. The van der Waals surface area contributed by atoms with Crippen LogP contribution in [0.1, 0.15) is 38.3 Å². The lowest BCUT2D eigenvalue weighted by molar-refractivity contribution is 0.0994. The van der Waals surface area contributed by atoms with Crippen LogP contribution in [0.3, 0.4) is 0 Å². The SMILES string of the molecule is [C-]#[N+]Cc1ccc2c(c1)Cc1c(C(N)=O)ncc(-c3cccc(NC(=O)OCc4ccccc4)c3C)c1-2. The molecule has 0 atom stereocenters. The normalized spacial score (nSPS) is 11.2. The van der Waals surface area contributed by atoms with E-state index >= 15 is 0 Å². The van der Waals surface area contributed by atoms with Crippen molar-refractivity contribution in [1.29, 1.82) is 0 Å². The molecule has 0 radical (unpaired) electrons. The zero-order valence-corrected chi connectivity index (χ0v) is 20.2. The van der Waals surface area contributed by atoms with Crippen LogP contribution in [0.5, 0.6) is 0 Å². The number of hydrogen-bond acceptors (Lipinski definition) is 4. The lowest BCUT2D eigenvalue weighted by Crippen LogP contribution is -2.16. The molecule has 0 saturated heterocycles. The van der Waals surface area contributed by atoms with Crippen molar-refractivity contribution >= 4 is 17.7 Å². The van der Waals surface area contributed by atoms with E-state index in [0.29, 0.717) is 18.7 Å². The van der Waals surface area contributed by atoms with Crippen LogP contribution in [-0.2, 0) is 24.3 Å². The molecule has 5 rings (SSSR count). The maximum Gasteiger partial charge on any atom is 0.411 e. The second kappa shape index (κ2) is 9.96. The molecular formula is C30H24N4O3. The van der Waals surface area contributed by atoms with Crippen LogP contribution in [0.25, 0.3) is 27.1 Å². The molecule has 0 saturated carbocycles. The molecule has 182 valence electrons. The molecule has 3 aromatic carbocycles. The molecule has 0 unspecified atom stereocenters. The Balaban J connectivity index is 1.50. The van der Waals surface area contributed by atoms with Gasteiger partial charge >= 0.3 is 6.09 Å². The molecule has 1 heterocycles. The van der Waals surface area contributed by atoms with E-state index in [2.05, 4.69) is 15.1 Å². The van der Waals surface area contributed by atoms with Crippen LogP contribution in [0, 0.1) is 13.5 Å². The van der Waals surface area contributed by atoms with Gasteiger partial charge in [-0.25, -0.2) is 11.4 Å². The number of benzene rings is 3. The maximum absolute atomic E-state index is 12.5. The highest BCUT2D eigenvalue weighted by Crippen LogP contribution is 2.45. The molecule has 0 aliphatic heterocycles. The van der Waals surface area contributed by atoms with Crippen molar-refractivity contribution in [1.82, 2.24) is 4.98 Å². The average molecular weight is 489 g/mol. The van der Waals surface area contributed by atoms with Crippen LogP contribution in [0.15, 0.2) is 72.9 Å². The summed E-state index contributed by atoms with van der Waals surface area (Å²) in [6.07, 6.45) is 1.63. The maximum atomic E-state index is 12.5. The van der Waals surface area contributed by atoms with E-state index < -0.39 is 12.0 Å². The predicted molar refractivity (Wildman–Crippen MR) is 142 cm³/mol. The van der Waals surface area contributed by atoms with Crippen molar-refractivity contribution in [3.05, 3.63) is 118 Å². The van der Waals surface area contributed by atoms with Gasteiger partial charge in [-0.2, -0.15) is 0 Å². The molecule has 7 nitrogen and oxygen atoms in total. The minimum absolute atomic E-state index is 0.170. The standard InChI is InChI=1S/C30H24N4O3/c1-18-22(9-6-10-26(18)34-30(36)37-17-19-7-4-3-5-8-19)25-16-33-28(29(31)35)24-14-21-13-20(15-32-2)11-12-23(21)27(24)25/h3-13,16H,14-15,17H2,1H3,(H2,31,35)(H,34,36). The number of primary amides is 1. The molecular weight excluding hydrogens is 464 g/mol. The zero-order valence-electron chi connectivity index (χ0n) is 20.2. The second-order valence-corrected chi connectivity index (χ2v) is 8.89. The first-order chi connectivity index (χ1) is 18.0. The fourth-order valence-electron chi connectivity index (χ4n) is 4.80. The third-order valence-electron chi connectivity index (χ3n) is 6.55. The zero-order chi connectivity index (χ0) is 25.9. The fraction of sp³-hybridized carbons (Fsp3) is 0.133. The van der Waals surface area contributed by atoms with Crippen molar-refractivity contribution in [2.24, 2.45) is 5.73 Å². The van der Waals surface area contributed by atoms with Crippen molar-refractivity contribution in [3.63, 3.8) is 0 Å². The second-order valence-electron chi connectivity index (χ2n) is 8.89. The molecule has 4 aromatic rings. The number of carbonyl (C=O) groups excluding carboxylic acids is 2. The van der Waals surface area contributed by atoms with Gasteiger partial charge < -0.3 is 15.3 Å². The number of hydrogen-bond donors (Lipinski definition) is 2. The summed E-state index contributed by atoms with van der Waals surface area (Å²) in [5, 5.41) is 2.84. The monoisotopic (exact) mass is 488 g/mol. The third-order valence-corrected chi connectivity index (χ3v) is 6.55. The highest BCUT2D eigenvalue weighted by Gasteiger charge is 2.28. The minimum Gasteiger partial charge on any atom is -0.444 e. The van der Waals surface area contributed by atoms with Crippen LogP contribution in [-0.4, -0.2) is 17.0 Å². The van der Waals surface area contributed by atoms with Crippen LogP contribution >= 0.6 is 0 Å². The quantitative estimate of drug-likeness (QED) is 0.291. The van der Waals surface area contributed by atoms with Gasteiger partial charge in [-0.15, -0.1) is 0 Å². The summed E-state index contributed by atoms with van der Waals surface area (Å²) < 4.78 is 5.39. The number of amides is 2. The van der Waals surface area contributed by atoms with E-state index in [0.717, 1.165) is 50.1 Å². The van der Waals surface area contributed by atoms with Gasteiger partial charge in [-0.3, -0.25) is 15.1 Å². The van der Waals surface area contributed by atoms with Crippen LogP contribution in [0.4, 0.5) is 10.5 Å². The van der Waals surface area contributed by atoms with E-state index in [9.17, 15) is 9.59 Å². The van der Waals surface area contributed by atoms with Crippen molar-refractivity contribution in [2.75, 3.05) is 5.32 Å². The van der Waals surface area contributed by atoms with Crippen molar-refractivity contribution in [2.45, 2.75) is 26.5 Å². The predicted octanol–water partition coefficient (Wildman–Crippen LogP) is 5.90. The molecule has 3 N–H and O–H groups in total. The number of nitrogens with zero attached hydrogens (tertiary/aromatic N) is 2. The van der Waals surface area contributed by atoms with Gasteiger partial charge in [0.15, 0.2) is 0 Å². The Morgan fingerprint density at radius 1 is 1.03 bits per heavy atom. The first-order valence-electron chi connectivity index (χ1n) is 11.8. The number of nitrogens with one attached hydrogen (secondary N) is 1. The van der Waals surface area contributed by atoms with E-state index in [1.54, 1.807) is 6.20 Å². The number of fused-ring (bicyclic) bond motifs is 3. The average Bonchev–Trinajstić information content (AvgIpc) is 3.28. The van der Waals surface area contributed by atoms with E-state index in [1.807, 2.05) is 73.7 Å². The van der Waals surface area contributed by atoms with Gasteiger partial charge in [0.25, 0.3) is 5.91 Å². The molecule has 2 amide bonds. The van der Waals surface area contributed by atoms with E-state index in [4.69, 9.17) is 17.0 Å². The topological polar surface area (TPSA) is 98.7 Å². The summed E-state index contributed by atoms with van der Waals surface area (Å²) in [7, 11) is 0. The van der Waals surface area contributed by atoms with E-state index in [-0.39, 0.29) is 12.3 Å². The fourth-order valence-corrected chi connectivity index (χ4v) is 4.80. The molecule has 1 aromatic heterocycles. The Hall–Kier alpha value is -4.96. The number of rotatable bonds is 6. The van der Waals surface area contributed by atoms with Gasteiger partial charge in [0.2, 0.25) is 6.54 Å². The molecule has 0 fully saturated rings. The smallest absolute Gasteiger partial charge is 0.411 e. The highest BCUT2D eigenvalue weighted by atomic mass is 16.5. The molecule has 37 heavy (non-hydrogen) atoms. The summed E-state index contributed by atoms with van der Waals surface area (Å²) in [4.78, 5) is 32.6. The Morgan fingerprint density at radius 2 is 1.84 bits per heavy atom. The Morgan fingerprint density at radius 3 is 2.59 bits per heavy atom. The van der Waals surface area contributed by atoms with Gasteiger partial charge in [-0.1, -0.05) is 54.6 Å². The van der Waals surface area contributed by atoms with Gasteiger partial charge in [0.05, 0.1) is 0 Å². The summed E-state index contributed by atoms with van der Waals surface area (Å²) in [5.41, 5.74) is 14.6. The largest absolute Gasteiger partial charge is 0.444 e. The number of pyridine rings is 1. The lowest BCUT2D eigenvalue weighted by Gasteiger charge is -2.16. The lowest BCUT2D eigenvalue weighted by atomic mass is 9.91. The Bertz CT molecular complexity index is 1570. The molecule has 7 heteroatoms. The first kappa shape index (κ1) is 23.8. The van der Waals surface area contributed by atoms with Gasteiger partial charge in [-0.05, 0) is 58.0 Å². The summed E-state index contributed by atoms with van der Waals surface area (Å²) >= 11 is 0. The minimum atomic E-state index is -0.578. The summed E-state index contributed by atoms with van der Waals surface area (Å²) in [5.74, 6) is -0.578. The molecule has 1 aliphatic carbocycles. The number of aromatic nitrogens is 1. The van der Waals surface area contributed by atoms with Gasteiger partial charge in [0.1, 0.15) is 12.3 Å². The summed E-state index contributed by atoms with van der Waals surface area (Å²) in [6, 6.07) is 21.1. The molecule has 0 spiro atoms. The van der Waals surface area contributed by atoms with Gasteiger partial charge in [0, 0.05) is 29.4 Å². The Labute approximate surface area is 214 Å². The summed E-state index contributed by atoms with van der Waals surface area (Å²) in [6.45, 7) is 9.57. The number of ether oxygens (including phenoxy) is 1. The first-order valence-corrected chi connectivity index (χ1v) is 11.8. The molecule has 1 aliphatic rings. The van der Waals surface area contributed by atoms with Crippen LogP contribution in [0.2, 0.25) is 0 Å². The molecule has 0 bridgehead atoms. The van der Waals surface area contributed by atoms with E-state index in [1.165, 1.54) is 0 Å². The van der Waals surface area contributed by atoms with Crippen LogP contribution < -0.4 is 11.1 Å². The highest BCUT2D eigenvalue weighted by molar-refractivity contribution is 6.00. The number of anilines is 1. The Kier molecular flexibility index (Phi) is 6.40. The number of nitrogens with two attached hydrogens (primary N) is 1. The van der Waals surface area contributed by atoms with Crippen molar-refractivity contribution in [3.8, 4) is 22.3 Å². The van der Waals surface area contributed by atoms with Crippen molar-refractivity contribution < 1.29 is 14.3 Å².